The van der Waals surface area contributed by atoms with Crippen LogP contribution < -0.4 is 10.1 Å². The van der Waals surface area contributed by atoms with Gasteiger partial charge in [0.25, 0.3) is 0 Å². The molecule has 1 atom stereocenters. The molecule has 5 nitrogen and oxygen atoms in total. The number of nitrogens with one attached hydrogen (secondary N) is 1. The molecule has 0 spiro atoms. The number of benzene rings is 1. The van der Waals surface area contributed by atoms with Crippen molar-refractivity contribution in [1.82, 2.24) is 10.2 Å². The van der Waals surface area contributed by atoms with Crippen molar-refractivity contribution in [3.05, 3.63) is 29.8 Å². The maximum atomic E-state index is 12.8. The van der Waals surface area contributed by atoms with Gasteiger partial charge in [-0.2, -0.15) is 0 Å². The minimum atomic E-state index is -0.0898. The summed E-state index contributed by atoms with van der Waals surface area (Å²) in [5, 5.41) is 2.80. The van der Waals surface area contributed by atoms with Crippen LogP contribution in [0.5, 0.6) is 5.75 Å². The molecule has 2 fully saturated rings. The topological polar surface area (TPSA) is 58.6 Å². The normalized spacial score (nSPS) is 21.1. The molecule has 22 heavy (non-hydrogen) atoms. The highest BCUT2D eigenvalue weighted by Gasteiger charge is 2.37. The molecule has 5 heteroatoms. The maximum Gasteiger partial charge on any atom is 0.228 e. The molecular formula is C17H22N2O3. The zero-order chi connectivity index (χ0) is 15.5. The first-order chi connectivity index (χ1) is 10.7. The lowest BCUT2D eigenvalue weighted by molar-refractivity contribution is -0.138. The maximum absolute atomic E-state index is 12.8. The van der Waals surface area contributed by atoms with Gasteiger partial charge < -0.3 is 15.0 Å². The van der Waals surface area contributed by atoms with Crippen molar-refractivity contribution in [3.63, 3.8) is 0 Å². The third-order valence-electron chi connectivity index (χ3n) is 4.42. The molecular weight excluding hydrogens is 280 g/mol. The van der Waals surface area contributed by atoms with Crippen molar-refractivity contribution < 1.29 is 14.3 Å². The van der Waals surface area contributed by atoms with Crippen molar-refractivity contribution >= 4 is 11.8 Å². The second-order valence-corrected chi connectivity index (χ2v) is 6.05. The zero-order valence-corrected chi connectivity index (χ0v) is 12.9. The van der Waals surface area contributed by atoms with Gasteiger partial charge in [-0.3, -0.25) is 9.59 Å². The van der Waals surface area contributed by atoms with Crippen LogP contribution in [0.4, 0.5) is 0 Å². The lowest BCUT2D eigenvalue weighted by Crippen LogP contribution is -2.45. The van der Waals surface area contributed by atoms with E-state index in [1.165, 1.54) is 0 Å². The van der Waals surface area contributed by atoms with Gasteiger partial charge in [-0.15, -0.1) is 0 Å². The molecule has 1 heterocycles. The predicted octanol–water partition coefficient (Wildman–Crippen LogP) is 1.71. The Labute approximate surface area is 130 Å². The molecule has 1 aliphatic heterocycles. The number of hydrogen-bond acceptors (Lipinski definition) is 3. The molecule has 3 rings (SSSR count). The van der Waals surface area contributed by atoms with E-state index in [1.54, 1.807) is 7.11 Å². The van der Waals surface area contributed by atoms with Gasteiger partial charge in [-0.1, -0.05) is 18.2 Å². The average Bonchev–Trinajstić information content (AvgIpc) is 3.38. The lowest BCUT2D eigenvalue weighted by atomic mass is 9.97. The minimum Gasteiger partial charge on any atom is -0.496 e. The van der Waals surface area contributed by atoms with Gasteiger partial charge in [0.15, 0.2) is 0 Å². The fourth-order valence-electron chi connectivity index (χ4n) is 2.97. The van der Waals surface area contributed by atoms with Crippen LogP contribution in [0.1, 0.15) is 31.2 Å². The number of hydrogen-bond donors (Lipinski definition) is 1. The summed E-state index contributed by atoms with van der Waals surface area (Å²) < 4.78 is 5.39. The standard InChI is InChI=1S/C17H22N2O3/c1-22-15-5-3-2-4-13(15)11-19(14-7-8-14)17(21)12-6-9-16(20)18-10-12/h2-5,12,14H,6-11H2,1H3,(H,18,20)/t12-/m0/s1. The molecule has 1 saturated carbocycles. The first kappa shape index (κ1) is 14.9. The number of nitrogens with zero attached hydrogens (tertiary/aromatic N) is 1. The highest BCUT2D eigenvalue weighted by molar-refractivity contribution is 5.84. The quantitative estimate of drug-likeness (QED) is 0.901. The van der Waals surface area contributed by atoms with Crippen LogP contribution in [0, 0.1) is 5.92 Å². The lowest BCUT2D eigenvalue weighted by Gasteiger charge is -2.30. The molecule has 2 amide bonds. The van der Waals surface area contributed by atoms with Crippen LogP contribution in [0.25, 0.3) is 0 Å². The summed E-state index contributed by atoms with van der Waals surface area (Å²) in [4.78, 5) is 26.1. The van der Waals surface area contributed by atoms with Crippen LogP contribution >= 0.6 is 0 Å². The van der Waals surface area contributed by atoms with Gasteiger partial charge in [0.1, 0.15) is 5.75 Å². The Hall–Kier alpha value is -2.04. The van der Waals surface area contributed by atoms with E-state index in [1.807, 2.05) is 29.2 Å². The number of carbonyl (C=O) groups is 2. The molecule has 1 aromatic rings. The number of rotatable bonds is 5. The second-order valence-electron chi connectivity index (χ2n) is 6.05. The van der Waals surface area contributed by atoms with Gasteiger partial charge in [0.2, 0.25) is 11.8 Å². The summed E-state index contributed by atoms with van der Waals surface area (Å²) in [6.07, 6.45) is 3.24. The monoisotopic (exact) mass is 302 g/mol. The first-order valence-corrected chi connectivity index (χ1v) is 7.88. The summed E-state index contributed by atoms with van der Waals surface area (Å²) in [7, 11) is 1.65. The van der Waals surface area contributed by atoms with Crippen molar-refractivity contribution in [2.24, 2.45) is 5.92 Å². The first-order valence-electron chi connectivity index (χ1n) is 7.88. The van der Waals surface area contributed by atoms with E-state index >= 15 is 0 Å². The molecule has 0 unspecified atom stereocenters. The minimum absolute atomic E-state index is 0.0479. The third-order valence-corrected chi connectivity index (χ3v) is 4.42. The Morgan fingerprint density at radius 2 is 2.09 bits per heavy atom. The summed E-state index contributed by atoms with van der Waals surface area (Å²) in [6.45, 7) is 1.05. The van der Waals surface area contributed by atoms with Crippen LogP contribution in [-0.2, 0) is 16.1 Å². The SMILES string of the molecule is COc1ccccc1CN(C(=O)[C@H]1CCC(=O)NC1)C1CC1. The van der Waals surface area contributed by atoms with Crippen molar-refractivity contribution in [1.29, 1.82) is 0 Å². The fraction of sp³-hybridized carbons (Fsp3) is 0.529. The van der Waals surface area contributed by atoms with E-state index in [0.717, 1.165) is 24.2 Å². The van der Waals surface area contributed by atoms with Crippen LogP contribution in [0.15, 0.2) is 24.3 Å². The van der Waals surface area contributed by atoms with Gasteiger partial charge >= 0.3 is 0 Å². The summed E-state index contributed by atoms with van der Waals surface area (Å²) in [5.74, 6) is 0.936. The number of para-hydroxylation sites is 1. The highest BCUT2D eigenvalue weighted by atomic mass is 16.5. The van der Waals surface area contributed by atoms with Crippen molar-refractivity contribution in [3.8, 4) is 5.75 Å². The Balaban J connectivity index is 1.72. The smallest absolute Gasteiger partial charge is 0.228 e. The van der Waals surface area contributed by atoms with E-state index in [-0.39, 0.29) is 17.7 Å². The summed E-state index contributed by atoms with van der Waals surface area (Å²) in [5.41, 5.74) is 1.03. The van der Waals surface area contributed by atoms with Gasteiger partial charge in [-0.05, 0) is 25.3 Å². The number of methoxy groups -OCH3 is 1. The zero-order valence-electron chi connectivity index (χ0n) is 12.9. The van der Waals surface area contributed by atoms with Crippen molar-refractivity contribution in [2.45, 2.75) is 38.3 Å². The summed E-state index contributed by atoms with van der Waals surface area (Å²) >= 11 is 0. The Kier molecular flexibility index (Phi) is 4.32. The van der Waals surface area contributed by atoms with Gasteiger partial charge in [0.05, 0.1) is 13.0 Å². The fourth-order valence-corrected chi connectivity index (χ4v) is 2.97. The Morgan fingerprint density at radius 1 is 1.32 bits per heavy atom. The Morgan fingerprint density at radius 3 is 2.73 bits per heavy atom. The van der Waals surface area contributed by atoms with Crippen molar-refractivity contribution in [2.75, 3.05) is 13.7 Å². The molecule has 1 N–H and O–H groups in total. The molecule has 1 saturated heterocycles. The van der Waals surface area contributed by atoms with E-state index < -0.39 is 0 Å². The highest BCUT2D eigenvalue weighted by Crippen LogP contribution is 2.32. The molecule has 2 aliphatic rings. The summed E-state index contributed by atoms with van der Waals surface area (Å²) in [6, 6.07) is 8.17. The van der Waals surface area contributed by atoms with Crippen LogP contribution in [0.3, 0.4) is 0 Å². The van der Waals surface area contributed by atoms with Crippen LogP contribution in [-0.4, -0.2) is 36.4 Å². The number of carbonyl (C=O) groups excluding carboxylic acids is 2. The molecule has 118 valence electrons. The van der Waals surface area contributed by atoms with Crippen LogP contribution in [0.2, 0.25) is 0 Å². The van der Waals surface area contributed by atoms with E-state index in [4.69, 9.17) is 4.74 Å². The van der Waals surface area contributed by atoms with E-state index in [0.29, 0.717) is 32.0 Å². The van der Waals surface area contributed by atoms with E-state index in [9.17, 15) is 9.59 Å². The van der Waals surface area contributed by atoms with Gasteiger partial charge in [-0.25, -0.2) is 0 Å². The Bertz CT molecular complexity index is 559. The van der Waals surface area contributed by atoms with E-state index in [2.05, 4.69) is 5.32 Å². The molecule has 1 aromatic carbocycles. The molecule has 0 aromatic heterocycles. The predicted molar refractivity (Wildman–Crippen MR) is 82.3 cm³/mol. The number of ether oxygens (including phenoxy) is 1. The molecule has 1 aliphatic carbocycles. The second kappa shape index (κ2) is 6.38. The number of amides is 2. The third kappa shape index (κ3) is 3.24. The number of piperidine rings is 1. The largest absolute Gasteiger partial charge is 0.496 e. The average molecular weight is 302 g/mol. The molecule has 0 bridgehead atoms. The van der Waals surface area contributed by atoms with Gasteiger partial charge in [0, 0.05) is 31.1 Å². The molecule has 0 radical (unpaired) electrons.